The maximum atomic E-state index is 12.9. The summed E-state index contributed by atoms with van der Waals surface area (Å²) in [7, 11) is 3.27. The minimum absolute atomic E-state index is 0.0441. The number of ether oxygens (including phenoxy) is 2. The molecule has 2 aromatic carbocycles. The fourth-order valence-corrected chi connectivity index (χ4v) is 3.67. The Morgan fingerprint density at radius 2 is 1.68 bits per heavy atom. The molecule has 28 heavy (non-hydrogen) atoms. The first-order chi connectivity index (χ1) is 13.2. The van der Waals surface area contributed by atoms with Gasteiger partial charge in [-0.25, -0.2) is 4.79 Å². The average molecular weight is 383 g/mol. The standard InChI is InChI=1S/C23H30N2O3/c1-15-19-14-21(28-6)20(27-5)13-16(19)11-12-25(15)22(26)24-18-9-7-17(8-10-18)23(2,3)4/h7-10,13-15H,11-12H2,1-6H3,(H,24,26)/t15-/m1/s1. The number of fused-ring (bicyclic) bond motifs is 1. The second-order valence-electron chi connectivity index (χ2n) is 8.28. The zero-order valence-electron chi connectivity index (χ0n) is 17.6. The molecule has 1 atom stereocenters. The van der Waals surface area contributed by atoms with E-state index in [2.05, 4.69) is 38.2 Å². The van der Waals surface area contributed by atoms with Gasteiger partial charge in [-0.3, -0.25) is 0 Å². The molecule has 0 radical (unpaired) electrons. The molecule has 2 amide bonds. The molecule has 2 aromatic rings. The summed E-state index contributed by atoms with van der Waals surface area (Å²) in [5.41, 5.74) is 4.44. The molecule has 1 heterocycles. The summed E-state index contributed by atoms with van der Waals surface area (Å²) in [6.07, 6.45) is 0.788. The maximum Gasteiger partial charge on any atom is 0.322 e. The molecule has 5 nitrogen and oxygen atoms in total. The Kier molecular flexibility index (Phi) is 5.54. The van der Waals surface area contributed by atoms with Crippen LogP contribution in [0.3, 0.4) is 0 Å². The number of nitrogens with zero attached hydrogens (tertiary/aromatic N) is 1. The summed E-state index contributed by atoms with van der Waals surface area (Å²) < 4.78 is 10.8. The Balaban J connectivity index is 1.77. The largest absolute Gasteiger partial charge is 0.493 e. The molecule has 0 saturated carbocycles. The molecule has 3 rings (SSSR count). The number of benzene rings is 2. The number of hydrogen-bond acceptors (Lipinski definition) is 3. The molecule has 0 saturated heterocycles. The summed E-state index contributed by atoms with van der Waals surface area (Å²) in [5.74, 6) is 1.42. The van der Waals surface area contributed by atoms with Gasteiger partial charge in [-0.1, -0.05) is 32.9 Å². The van der Waals surface area contributed by atoms with E-state index in [9.17, 15) is 4.79 Å². The van der Waals surface area contributed by atoms with E-state index < -0.39 is 0 Å². The van der Waals surface area contributed by atoms with Crippen molar-refractivity contribution in [3.05, 3.63) is 53.1 Å². The van der Waals surface area contributed by atoms with Gasteiger partial charge in [0.15, 0.2) is 11.5 Å². The zero-order valence-corrected chi connectivity index (χ0v) is 17.6. The third-order valence-corrected chi connectivity index (χ3v) is 5.45. The molecule has 5 heteroatoms. The van der Waals surface area contributed by atoms with Crippen molar-refractivity contribution >= 4 is 11.7 Å². The Labute approximate surface area is 167 Å². The van der Waals surface area contributed by atoms with Crippen LogP contribution in [0.25, 0.3) is 0 Å². The smallest absolute Gasteiger partial charge is 0.322 e. The van der Waals surface area contributed by atoms with Crippen LogP contribution in [0.5, 0.6) is 11.5 Å². The molecule has 0 aliphatic carbocycles. The van der Waals surface area contributed by atoms with Gasteiger partial charge in [-0.05, 0) is 59.7 Å². The minimum Gasteiger partial charge on any atom is -0.493 e. The number of urea groups is 1. The Hall–Kier alpha value is -2.69. The highest BCUT2D eigenvalue weighted by Crippen LogP contribution is 2.38. The van der Waals surface area contributed by atoms with E-state index in [1.165, 1.54) is 11.1 Å². The summed E-state index contributed by atoms with van der Waals surface area (Å²) in [6, 6.07) is 11.9. The van der Waals surface area contributed by atoms with E-state index in [0.717, 1.165) is 23.4 Å². The van der Waals surface area contributed by atoms with Crippen molar-refractivity contribution in [2.24, 2.45) is 0 Å². The molecular formula is C23H30N2O3. The molecule has 1 aliphatic rings. The van der Waals surface area contributed by atoms with Crippen LogP contribution >= 0.6 is 0 Å². The first kappa shape index (κ1) is 20.1. The molecule has 1 N–H and O–H groups in total. The highest BCUT2D eigenvalue weighted by Gasteiger charge is 2.29. The van der Waals surface area contributed by atoms with Crippen LogP contribution < -0.4 is 14.8 Å². The molecule has 0 fully saturated rings. The van der Waals surface area contributed by atoms with Crippen LogP contribution in [0.4, 0.5) is 10.5 Å². The van der Waals surface area contributed by atoms with Gasteiger partial charge in [0.2, 0.25) is 0 Å². The Morgan fingerprint density at radius 1 is 1.07 bits per heavy atom. The lowest BCUT2D eigenvalue weighted by molar-refractivity contribution is 0.188. The highest BCUT2D eigenvalue weighted by molar-refractivity contribution is 5.89. The van der Waals surface area contributed by atoms with Crippen LogP contribution in [0.1, 0.15) is 50.4 Å². The van der Waals surface area contributed by atoms with E-state index in [-0.39, 0.29) is 17.5 Å². The van der Waals surface area contributed by atoms with Crippen molar-refractivity contribution in [3.63, 3.8) is 0 Å². The second kappa shape index (κ2) is 7.74. The normalized spacial score (nSPS) is 16.4. The Bertz CT molecular complexity index is 853. The van der Waals surface area contributed by atoms with E-state index in [4.69, 9.17) is 9.47 Å². The van der Waals surface area contributed by atoms with Crippen LogP contribution in [0, 0.1) is 0 Å². The van der Waals surface area contributed by atoms with Crippen LogP contribution in [-0.2, 0) is 11.8 Å². The monoisotopic (exact) mass is 382 g/mol. The number of anilines is 1. The van der Waals surface area contributed by atoms with Crippen molar-refractivity contribution in [1.29, 1.82) is 0 Å². The van der Waals surface area contributed by atoms with Crippen LogP contribution in [0.15, 0.2) is 36.4 Å². The molecule has 0 aromatic heterocycles. The fraction of sp³-hybridized carbons (Fsp3) is 0.435. The van der Waals surface area contributed by atoms with Gasteiger partial charge in [0.1, 0.15) is 0 Å². The number of carbonyl (C=O) groups excluding carboxylic acids is 1. The Morgan fingerprint density at radius 3 is 2.25 bits per heavy atom. The lowest BCUT2D eigenvalue weighted by Gasteiger charge is -2.35. The van der Waals surface area contributed by atoms with Crippen LogP contribution in [-0.4, -0.2) is 31.7 Å². The molecule has 0 unspecified atom stereocenters. The van der Waals surface area contributed by atoms with Gasteiger partial charge in [0.25, 0.3) is 0 Å². The van der Waals surface area contributed by atoms with Crippen molar-refractivity contribution in [3.8, 4) is 11.5 Å². The summed E-state index contributed by atoms with van der Waals surface area (Å²) in [6.45, 7) is 9.24. The molecule has 150 valence electrons. The first-order valence-electron chi connectivity index (χ1n) is 9.67. The van der Waals surface area contributed by atoms with E-state index in [1.54, 1.807) is 14.2 Å². The lowest BCUT2D eigenvalue weighted by Crippen LogP contribution is -2.41. The SMILES string of the molecule is COc1cc2c(cc1OC)[C@@H](C)N(C(=O)Nc1ccc(C(C)(C)C)cc1)CC2. The number of amides is 2. The van der Waals surface area contributed by atoms with Crippen molar-refractivity contribution in [1.82, 2.24) is 4.90 Å². The summed E-state index contributed by atoms with van der Waals surface area (Å²) >= 11 is 0. The van der Waals surface area contributed by atoms with E-state index in [1.807, 2.05) is 36.1 Å². The van der Waals surface area contributed by atoms with E-state index >= 15 is 0 Å². The molecule has 1 aliphatic heterocycles. The van der Waals surface area contributed by atoms with Crippen LogP contribution in [0.2, 0.25) is 0 Å². The first-order valence-corrected chi connectivity index (χ1v) is 9.67. The lowest BCUT2D eigenvalue weighted by atomic mass is 9.87. The van der Waals surface area contributed by atoms with Gasteiger partial charge < -0.3 is 19.7 Å². The van der Waals surface area contributed by atoms with Gasteiger partial charge in [-0.2, -0.15) is 0 Å². The third-order valence-electron chi connectivity index (χ3n) is 5.45. The summed E-state index contributed by atoms with van der Waals surface area (Å²) in [5, 5.41) is 3.03. The summed E-state index contributed by atoms with van der Waals surface area (Å²) in [4.78, 5) is 14.8. The predicted molar refractivity (Wildman–Crippen MR) is 113 cm³/mol. The topological polar surface area (TPSA) is 50.8 Å². The zero-order chi connectivity index (χ0) is 20.5. The fourth-order valence-electron chi connectivity index (χ4n) is 3.67. The maximum absolute atomic E-state index is 12.9. The van der Waals surface area contributed by atoms with E-state index in [0.29, 0.717) is 12.3 Å². The molecular weight excluding hydrogens is 352 g/mol. The van der Waals surface area contributed by atoms with Gasteiger partial charge in [0, 0.05) is 12.2 Å². The average Bonchev–Trinajstić information content (AvgIpc) is 2.67. The number of nitrogens with one attached hydrogen (secondary N) is 1. The van der Waals surface area contributed by atoms with Gasteiger partial charge in [-0.15, -0.1) is 0 Å². The predicted octanol–water partition coefficient (Wildman–Crippen LogP) is 5.15. The van der Waals surface area contributed by atoms with Crippen molar-refractivity contribution in [2.45, 2.75) is 45.6 Å². The van der Waals surface area contributed by atoms with Crippen molar-refractivity contribution < 1.29 is 14.3 Å². The molecule has 0 bridgehead atoms. The second-order valence-corrected chi connectivity index (χ2v) is 8.28. The minimum atomic E-state index is -0.0866. The third kappa shape index (κ3) is 3.93. The number of methoxy groups -OCH3 is 2. The van der Waals surface area contributed by atoms with Gasteiger partial charge >= 0.3 is 6.03 Å². The quantitative estimate of drug-likeness (QED) is 0.798. The number of rotatable bonds is 3. The number of hydrogen-bond donors (Lipinski definition) is 1. The molecule has 0 spiro atoms. The van der Waals surface area contributed by atoms with Gasteiger partial charge in [0.05, 0.1) is 20.3 Å². The number of carbonyl (C=O) groups is 1. The van der Waals surface area contributed by atoms with Crippen molar-refractivity contribution in [2.75, 3.05) is 26.1 Å². The highest BCUT2D eigenvalue weighted by atomic mass is 16.5.